The Morgan fingerprint density at radius 1 is 1.29 bits per heavy atom. The van der Waals surface area contributed by atoms with Gasteiger partial charge in [0.15, 0.2) is 6.61 Å². The van der Waals surface area contributed by atoms with E-state index in [1.807, 2.05) is 55.5 Å². The predicted octanol–water partition coefficient (Wildman–Crippen LogP) is 4.40. The Morgan fingerprint density at radius 3 is 2.79 bits per heavy atom. The molecule has 7 heteroatoms. The van der Waals surface area contributed by atoms with E-state index in [4.69, 9.17) is 9.26 Å². The number of nitrogens with zero attached hydrogens (tertiary/aromatic N) is 3. The van der Waals surface area contributed by atoms with E-state index in [1.54, 1.807) is 11.0 Å². The lowest BCUT2D eigenvalue weighted by Crippen LogP contribution is -2.34. The molecule has 0 saturated heterocycles. The third-order valence-corrected chi connectivity index (χ3v) is 4.91. The number of hydrogen-bond donors (Lipinski definition) is 0. The zero-order valence-corrected chi connectivity index (χ0v) is 17.1. The minimum Gasteiger partial charge on any atom is -0.484 e. The fourth-order valence-electron chi connectivity index (χ4n) is 2.54. The molecule has 0 aliphatic heterocycles. The van der Waals surface area contributed by atoms with Crippen LogP contribution in [0.1, 0.15) is 11.5 Å². The molecule has 1 aromatic heterocycles. The highest BCUT2D eigenvalue weighted by Crippen LogP contribution is 2.21. The van der Waals surface area contributed by atoms with Crippen LogP contribution in [-0.4, -0.2) is 34.1 Å². The number of benzene rings is 2. The minimum atomic E-state index is -0.195. The molecule has 3 rings (SSSR count). The molecule has 0 aliphatic carbocycles. The molecular weight excluding hydrogens is 422 g/mol. The van der Waals surface area contributed by atoms with Gasteiger partial charge >= 0.3 is 0 Å². The van der Waals surface area contributed by atoms with Crippen LogP contribution in [0.25, 0.3) is 11.4 Å². The molecule has 144 valence electrons. The van der Waals surface area contributed by atoms with Gasteiger partial charge in [-0.25, -0.2) is 0 Å². The van der Waals surface area contributed by atoms with Crippen LogP contribution in [0.15, 0.2) is 70.2 Å². The monoisotopic (exact) mass is 441 g/mol. The first-order chi connectivity index (χ1) is 13.6. The van der Waals surface area contributed by atoms with Crippen molar-refractivity contribution in [2.24, 2.45) is 0 Å². The van der Waals surface area contributed by atoms with Gasteiger partial charge in [-0.2, -0.15) is 4.98 Å². The average Bonchev–Trinajstić information content (AvgIpc) is 3.17. The van der Waals surface area contributed by atoms with Gasteiger partial charge in [0, 0.05) is 16.6 Å². The summed E-state index contributed by atoms with van der Waals surface area (Å²) >= 11 is 3.44. The zero-order chi connectivity index (χ0) is 19.9. The maximum absolute atomic E-state index is 12.6. The van der Waals surface area contributed by atoms with E-state index in [9.17, 15) is 4.79 Å². The number of aryl methyl sites for hydroxylation is 1. The Hall–Kier alpha value is -2.93. The van der Waals surface area contributed by atoms with Gasteiger partial charge in [0.25, 0.3) is 5.91 Å². The molecule has 0 bridgehead atoms. The van der Waals surface area contributed by atoms with Crippen molar-refractivity contribution in [2.45, 2.75) is 13.5 Å². The highest BCUT2D eigenvalue weighted by Gasteiger charge is 2.18. The Balaban J connectivity index is 1.64. The highest BCUT2D eigenvalue weighted by atomic mass is 79.9. The van der Waals surface area contributed by atoms with E-state index < -0.39 is 0 Å². The van der Waals surface area contributed by atoms with Crippen LogP contribution in [0.5, 0.6) is 5.75 Å². The number of aromatic nitrogens is 2. The summed E-state index contributed by atoms with van der Waals surface area (Å²) in [6, 6.07) is 15.1. The summed E-state index contributed by atoms with van der Waals surface area (Å²) < 4.78 is 11.9. The number of halogens is 1. The van der Waals surface area contributed by atoms with Crippen LogP contribution in [0.3, 0.4) is 0 Å². The quantitative estimate of drug-likeness (QED) is 0.484. The predicted molar refractivity (Wildman–Crippen MR) is 110 cm³/mol. The Bertz CT molecular complexity index is 957. The van der Waals surface area contributed by atoms with Crippen LogP contribution in [0.4, 0.5) is 0 Å². The molecule has 0 fully saturated rings. The van der Waals surface area contributed by atoms with E-state index in [-0.39, 0.29) is 19.1 Å². The van der Waals surface area contributed by atoms with Gasteiger partial charge in [-0.05, 0) is 30.7 Å². The van der Waals surface area contributed by atoms with Crippen molar-refractivity contribution < 1.29 is 14.1 Å². The lowest BCUT2D eigenvalue weighted by molar-refractivity contribution is -0.133. The molecule has 0 N–H and O–H groups in total. The average molecular weight is 442 g/mol. The van der Waals surface area contributed by atoms with Crippen LogP contribution in [-0.2, 0) is 11.3 Å². The summed E-state index contributed by atoms with van der Waals surface area (Å²) in [6.45, 7) is 6.12. The highest BCUT2D eigenvalue weighted by molar-refractivity contribution is 9.10. The first-order valence-corrected chi connectivity index (χ1v) is 9.51. The topological polar surface area (TPSA) is 68.5 Å². The van der Waals surface area contributed by atoms with E-state index in [2.05, 4.69) is 32.6 Å². The van der Waals surface area contributed by atoms with Gasteiger partial charge in [0.05, 0.1) is 0 Å². The molecule has 1 heterocycles. The van der Waals surface area contributed by atoms with E-state index >= 15 is 0 Å². The smallest absolute Gasteiger partial charge is 0.261 e. The summed E-state index contributed by atoms with van der Waals surface area (Å²) in [7, 11) is 0. The van der Waals surface area contributed by atoms with Crippen LogP contribution in [0, 0.1) is 6.92 Å². The van der Waals surface area contributed by atoms with Gasteiger partial charge in [-0.15, -0.1) is 6.58 Å². The third kappa shape index (κ3) is 5.07. The number of amides is 1. The lowest BCUT2D eigenvalue weighted by Gasteiger charge is -2.19. The van der Waals surface area contributed by atoms with Gasteiger partial charge in [-0.3, -0.25) is 4.79 Å². The molecule has 3 aromatic rings. The normalized spacial score (nSPS) is 10.5. The maximum atomic E-state index is 12.6. The lowest BCUT2D eigenvalue weighted by atomic mass is 10.2. The summed E-state index contributed by atoms with van der Waals surface area (Å²) in [6.07, 6.45) is 1.65. The van der Waals surface area contributed by atoms with Crippen molar-refractivity contribution in [3.8, 4) is 17.1 Å². The van der Waals surface area contributed by atoms with Crippen molar-refractivity contribution >= 4 is 21.8 Å². The summed E-state index contributed by atoms with van der Waals surface area (Å²) in [5.74, 6) is 1.29. The van der Waals surface area contributed by atoms with Gasteiger partial charge in [-0.1, -0.05) is 57.5 Å². The van der Waals surface area contributed by atoms with Gasteiger partial charge in [0.2, 0.25) is 11.7 Å². The number of rotatable bonds is 8. The van der Waals surface area contributed by atoms with Crippen LogP contribution in [0.2, 0.25) is 0 Å². The number of carbonyl (C=O) groups is 1. The minimum absolute atomic E-state index is 0.0887. The van der Waals surface area contributed by atoms with Crippen molar-refractivity contribution in [2.75, 3.05) is 13.2 Å². The third-order valence-electron chi connectivity index (χ3n) is 4.02. The molecule has 0 saturated carbocycles. The maximum Gasteiger partial charge on any atom is 0.261 e. The van der Waals surface area contributed by atoms with Gasteiger partial charge in [0.1, 0.15) is 12.3 Å². The molecule has 1 amide bonds. The summed E-state index contributed by atoms with van der Waals surface area (Å²) in [5, 5.41) is 3.98. The van der Waals surface area contributed by atoms with E-state index in [1.165, 1.54) is 0 Å². The summed E-state index contributed by atoms with van der Waals surface area (Å²) in [4.78, 5) is 18.5. The molecule has 6 nitrogen and oxygen atoms in total. The number of carbonyl (C=O) groups excluding carboxylic acids is 1. The molecule has 0 atom stereocenters. The largest absolute Gasteiger partial charge is 0.484 e. The van der Waals surface area contributed by atoms with Crippen molar-refractivity contribution in [3.05, 3.63) is 77.1 Å². The molecule has 28 heavy (non-hydrogen) atoms. The van der Waals surface area contributed by atoms with Crippen LogP contribution >= 0.6 is 15.9 Å². The van der Waals surface area contributed by atoms with E-state index in [0.717, 1.165) is 15.6 Å². The van der Waals surface area contributed by atoms with Gasteiger partial charge < -0.3 is 14.2 Å². The molecule has 0 spiro atoms. The Kier molecular flexibility index (Phi) is 6.60. The first kappa shape index (κ1) is 19.8. The first-order valence-electron chi connectivity index (χ1n) is 8.72. The fraction of sp³-hybridized carbons (Fsp3) is 0.190. The Labute approximate surface area is 171 Å². The zero-order valence-electron chi connectivity index (χ0n) is 15.5. The van der Waals surface area contributed by atoms with Crippen molar-refractivity contribution in [3.63, 3.8) is 0 Å². The standard InChI is InChI=1S/C21H20BrN3O3/c1-3-11-25(20(26)14-27-17-9-10-18(22)15(2)12-17)13-19-23-21(24-28-19)16-7-5-4-6-8-16/h3-10,12H,1,11,13-14H2,2H3. The van der Waals surface area contributed by atoms with Crippen LogP contribution < -0.4 is 4.74 Å². The van der Waals surface area contributed by atoms with Crippen molar-refractivity contribution in [1.29, 1.82) is 0 Å². The SMILES string of the molecule is C=CCN(Cc1nc(-c2ccccc2)no1)C(=O)COc1ccc(Br)c(C)c1. The summed E-state index contributed by atoms with van der Waals surface area (Å²) in [5.41, 5.74) is 1.89. The second-order valence-corrected chi connectivity index (χ2v) is 6.99. The molecule has 2 aromatic carbocycles. The second-order valence-electron chi connectivity index (χ2n) is 6.14. The molecular formula is C21H20BrN3O3. The fourth-order valence-corrected chi connectivity index (χ4v) is 2.79. The molecule has 0 radical (unpaired) electrons. The molecule has 0 aliphatic rings. The van der Waals surface area contributed by atoms with Crippen molar-refractivity contribution in [1.82, 2.24) is 15.0 Å². The Morgan fingerprint density at radius 2 is 2.07 bits per heavy atom. The number of ether oxygens (including phenoxy) is 1. The number of hydrogen-bond acceptors (Lipinski definition) is 5. The second kappa shape index (κ2) is 9.32. The molecule has 0 unspecified atom stereocenters. The van der Waals surface area contributed by atoms with E-state index in [0.29, 0.717) is 24.0 Å².